The summed E-state index contributed by atoms with van der Waals surface area (Å²) in [6.45, 7) is -0.179. The van der Waals surface area contributed by atoms with Crippen LogP contribution in [0.25, 0.3) is 0 Å². The Bertz CT molecular complexity index is 4250. The van der Waals surface area contributed by atoms with Crippen LogP contribution in [-0.4, -0.2) is 25.5 Å². The lowest BCUT2D eigenvalue weighted by Crippen LogP contribution is -2.65. The summed E-state index contributed by atoms with van der Waals surface area (Å²) in [6.07, 6.45) is 12.8. The quantitative estimate of drug-likeness (QED) is 0.126. The van der Waals surface area contributed by atoms with Crippen LogP contribution in [0.4, 0.5) is 91.0 Å². The van der Waals surface area contributed by atoms with E-state index in [0.29, 0.717) is 12.1 Å². The number of anilines is 16. The van der Waals surface area contributed by atoms with Gasteiger partial charge in [0, 0.05) is 97.4 Å². The van der Waals surface area contributed by atoms with E-state index in [1.807, 2.05) is 0 Å². The number of hydrogen-bond acceptors (Lipinski definition) is 6. The molecule has 0 bridgehead atoms. The minimum Gasteiger partial charge on any atom is -0.365 e. The fraction of sp³-hybridized carbons (Fsp3) is 0.154. The van der Waals surface area contributed by atoms with Crippen LogP contribution in [0.15, 0.2) is 267 Å². The Kier molecular flexibility index (Phi) is 12.5. The molecule has 4 aliphatic heterocycles. The molecule has 0 aromatic heterocycles. The number of para-hydroxylation sites is 8. The molecule has 8 heteroatoms. The summed E-state index contributed by atoms with van der Waals surface area (Å²) < 4.78 is 0. The molecule has 2 aliphatic carbocycles. The summed E-state index contributed by atoms with van der Waals surface area (Å²) in [6, 6.07) is 102. The van der Waals surface area contributed by atoms with E-state index >= 15 is 0 Å². The number of nitrogens with zero attached hydrogens (tertiary/aromatic N) is 6. The van der Waals surface area contributed by atoms with Crippen LogP contribution in [0, 0.1) is 0 Å². The number of rotatable bonds is 10. The second-order valence-corrected chi connectivity index (χ2v) is 24.4. The molecule has 86 heavy (non-hydrogen) atoms. The minimum absolute atomic E-state index is 0.0679. The van der Waals surface area contributed by atoms with Crippen molar-refractivity contribution >= 4 is 137 Å². The molecule has 0 saturated heterocycles. The highest BCUT2D eigenvalue weighted by Crippen LogP contribution is 2.52. The van der Waals surface area contributed by atoms with Crippen molar-refractivity contribution in [1.82, 2.24) is 0 Å². The van der Waals surface area contributed by atoms with Crippen LogP contribution in [0.3, 0.4) is 0 Å². The maximum Gasteiger partial charge on any atom is 0.252 e. The number of hydrogen-bond donors (Lipinski definition) is 0. The second-order valence-electron chi connectivity index (χ2n) is 24.4. The first kappa shape index (κ1) is 50.8. The zero-order valence-electron chi connectivity index (χ0n) is 48.5. The Morgan fingerprint density at radius 3 is 0.942 bits per heavy atom. The van der Waals surface area contributed by atoms with Crippen molar-refractivity contribution < 1.29 is 0 Å². The zero-order chi connectivity index (χ0) is 56.7. The number of fused-ring (bicyclic) bond motifs is 8. The molecule has 0 unspecified atom stereocenters. The van der Waals surface area contributed by atoms with Crippen molar-refractivity contribution in [3.8, 4) is 0 Å². The number of benzene rings is 11. The third kappa shape index (κ3) is 8.24. The van der Waals surface area contributed by atoms with Gasteiger partial charge in [0.2, 0.25) is 0 Å². The first-order valence-electron chi connectivity index (χ1n) is 31.5. The second kappa shape index (κ2) is 21.1. The summed E-state index contributed by atoms with van der Waals surface area (Å²) in [5.74, 6) is 0. The molecule has 6 aliphatic rings. The predicted molar refractivity (Wildman–Crippen MR) is 365 cm³/mol. The van der Waals surface area contributed by atoms with E-state index in [1.165, 1.54) is 148 Å². The molecule has 0 spiro atoms. The molecule has 4 heterocycles. The summed E-state index contributed by atoms with van der Waals surface area (Å²) in [5.41, 5.74) is 26.8. The summed E-state index contributed by atoms with van der Waals surface area (Å²) in [5, 5.41) is 0. The highest BCUT2D eigenvalue weighted by atomic mass is 15.2. The van der Waals surface area contributed by atoms with Crippen LogP contribution in [0.1, 0.15) is 64.2 Å². The van der Waals surface area contributed by atoms with E-state index in [1.54, 1.807) is 0 Å². The van der Waals surface area contributed by atoms with Crippen LogP contribution in [0.5, 0.6) is 0 Å². The van der Waals surface area contributed by atoms with Gasteiger partial charge in [0.15, 0.2) is 0 Å². The van der Waals surface area contributed by atoms with Gasteiger partial charge >= 0.3 is 0 Å². The monoisotopic (exact) mass is 1110 g/mol. The van der Waals surface area contributed by atoms with Crippen LogP contribution in [-0.2, 0) is 0 Å². The van der Waals surface area contributed by atoms with Crippen molar-refractivity contribution in [1.29, 1.82) is 0 Å². The van der Waals surface area contributed by atoms with Gasteiger partial charge in [-0.2, -0.15) is 0 Å². The largest absolute Gasteiger partial charge is 0.365 e. The molecule has 0 N–H and O–H groups in total. The SMILES string of the molecule is c1ccc(N(c2ccccc2)c2cc3c4c(c2)N(c2ccccc2)c2cc5c(cc2B4c2ccccc2N3c2ccccc2)B2c3ccccc3N(c3ccccc3)c3cc(N(C4CCCCC4)C4CCCCC4)cc(c32)N5c2ccccc2)cc1. The molecule has 11 aromatic carbocycles. The van der Waals surface area contributed by atoms with Crippen LogP contribution in [0.2, 0.25) is 0 Å². The van der Waals surface area contributed by atoms with Crippen molar-refractivity contribution in [2.75, 3.05) is 29.4 Å². The van der Waals surface area contributed by atoms with Gasteiger partial charge in [0.05, 0.1) is 5.69 Å². The van der Waals surface area contributed by atoms with E-state index in [9.17, 15) is 0 Å². The lowest BCUT2D eigenvalue weighted by atomic mass is 9.30. The molecular weight excluding hydrogens is 1040 g/mol. The minimum atomic E-state index is -0.111. The van der Waals surface area contributed by atoms with Gasteiger partial charge in [-0.3, -0.25) is 0 Å². The molecule has 0 amide bonds. The lowest BCUT2D eigenvalue weighted by molar-refractivity contribution is 0.340. The van der Waals surface area contributed by atoms with Crippen LogP contribution < -0.4 is 62.2 Å². The van der Waals surface area contributed by atoms with Gasteiger partial charge in [-0.15, -0.1) is 0 Å². The van der Waals surface area contributed by atoms with E-state index in [0.717, 1.165) is 39.8 Å². The third-order valence-electron chi connectivity index (χ3n) is 19.6. The first-order chi connectivity index (χ1) is 42.7. The van der Waals surface area contributed by atoms with Gasteiger partial charge in [-0.05, 0) is 174 Å². The average Bonchev–Trinajstić information content (AvgIpc) is 0.707. The Balaban J connectivity index is 0.980. The topological polar surface area (TPSA) is 19.4 Å². The van der Waals surface area contributed by atoms with Gasteiger partial charge < -0.3 is 29.4 Å². The van der Waals surface area contributed by atoms with E-state index in [-0.39, 0.29) is 13.4 Å². The molecule has 6 nitrogen and oxygen atoms in total. The maximum absolute atomic E-state index is 2.97. The average molecular weight is 1110 g/mol. The highest BCUT2D eigenvalue weighted by Gasteiger charge is 2.49. The van der Waals surface area contributed by atoms with Gasteiger partial charge in [0.25, 0.3) is 13.4 Å². The maximum atomic E-state index is 2.97. The Labute approximate surface area is 507 Å². The van der Waals surface area contributed by atoms with Crippen molar-refractivity contribution in [2.24, 2.45) is 0 Å². The van der Waals surface area contributed by atoms with Crippen molar-refractivity contribution in [2.45, 2.75) is 76.3 Å². The third-order valence-corrected chi connectivity index (χ3v) is 19.6. The Morgan fingerprint density at radius 1 is 0.256 bits per heavy atom. The fourth-order valence-electron chi connectivity index (χ4n) is 16.1. The molecule has 0 atom stereocenters. The van der Waals surface area contributed by atoms with Crippen LogP contribution >= 0.6 is 0 Å². The van der Waals surface area contributed by atoms with Gasteiger partial charge in [-0.1, -0.05) is 190 Å². The standard InChI is InChI=1S/C78H66B2N6/c1-9-29-55(30-10-1)81(56-31-11-2-12-32-56)63-49-73-77-75(51-63)85(61-41-21-7-22-42-61)71-54-72-68(53-67(71)79(77)65-45-25-27-47-69(65)83(73)59-37-17-5-18-38-59)80-66-46-26-28-48-70(66)84(60-39-19-6-20-40-60)74-50-64(52-76(78(74)80)86(72)62-43-23-8-24-44-62)82(57-33-13-3-14-34-57)58-35-15-4-16-36-58/h1-2,5-12,17-32,37-54,57-58H,3-4,13-16,33-36H2. The normalized spacial score (nSPS) is 15.7. The molecule has 11 aromatic rings. The zero-order valence-corrected chi connectivity index (χ0v) is 48.5. The molecule has 0 radical (unpaired) electrons. The fourth-order valence-corrected chi connectivity index (χ4v) is 16.1. The molecule has 2 saturated carbocycles. The smallest absolute Gasteiger partial charge is 0.252 e. The first-order valence-corrected chi connectivity index (χ1v) is 31.5. The van der Waals surface area contributed by atoms with Crippen molar-refractivity contribution in [3.63, 3.8) is 0 Å². The summed E-state index contributed by atoms with van der Waals surface area (Å²) in [7, 11) is 0. The Morgan fingerprint density at radius 2 is 0.570 bits per heavy atom. The summed E-state index contributed by atoms with van der Waals surface area (Å²) >= 11 is 0. The van der Waals surface area contributed by atoms with Gasteiger partial charge in [0.1, 0.15) is 0 Å². The predicted octanol–water partition coefficient (Wildman–Crippen LogP) is 16.8. The molecule has 414 valence electrons. The Hall–Kier alpha value is -9.65. The molecule has 2 fully saturated rings. The van der Waals surface area contributed by atoms with E-state index < -0.39 is 0 Å². The lowest BCUT2D eigenvalue weighted by Gasteiger charge is -2.48. The molecule has 17 rings (SSSR count). The summed E-state index contributed by atoms with van der Waals surface area (Å²) in [4.78, 5) is 15.8. The van der Waals surface area contributed by atoms with Crippen molar-refractivity contribution in [3.05, 3.63) is 267 Å². The van der Waals surface area contributed by atoms with Gasteiger partial charge in [-0.25, -0.2) is 0 Å². The van der Waals surface area contributed by atoms with E-state index in [4.69, 9.17) is 0 Å². The highest BCUT2D eigenvalue weighted by molar-refractivity contribution is 7.03. The molecular formula is C78H66B2N6. The van der Waals surface area contributed by atoms with E-state index in [2.05, 4.69) is 296 Å².